The number of hydrogen-bond donors (Lipinski definition) is 0. The first-order valence-corrected chi connectivity index (χ1v) is 32.2. The molecule has 0 saturated heterocycles. The Morgan fingerprint density at radius 1 is 0.451 bits per heavy atom. The molecule has 1 heterocycles. The molecule has 5 heteroatoms. The van der Waals surface area contributed by atoms with Crippen LogP contribution in [0, 0.1) is 46.3 Å². The van der Waals surface area contributed by atoms with Gasteiger partial charge in [-0.15, -0.1) is 0 Å². The fraction of sp³-hybridized carbons (Fsp3) is 0.561. The molecule has 0 radical (unpaired) electrons. The summed E-state index contributed by atoms with van der Waals surface area (Å²) in [5.74, 6) is 1.58. The van der Waals surface area contributed by atoms with Gasteiger partial charge in [-0.25, -0.2) is 4.98 Å². The van der Waals surface area contributed by atoms with Gasteiger partial charge in [-0.3, -0.25) is 0 Å². The third-order valence-corrected chi connectivity index (χ3v) is 18.9. The van der Waals surface area contributed by atoms with Crippen molar-refractivity contribution in [2.24, 2.45) is 32.5 Å². The number of ether oxygens (including phenoxy) is 1. The second-order valence-corrected chi connectivity index (χ2v) is 30.6. The van der Waals surface area contributed by atoms with E-state index in [1.165, 1.54) is 49.7 Å². The zero-order chi connectivity index (χ0) is 51.1. The van der Waals surface area contributed by atoms with E-state index in [0.717, 1.165) is 106 Å². The molecular formula is C66H83NO3Zr. The van der Waals surface area contributed by atoms with Gasteiger partial charge in [0.2, 0.25) is 0 Å². The molecule has 0 unspecified atom stereocenters. The van der Waals surface area contributed by atoms with Crippen LogP contribution in [0.4, 0.5) is 0 Å². The molecule has 5 aromatic rings. The molecule has 374 valence electrons. The molecule has 8 bridgehead atoms. The standard InChI is InChI=1S/C64H79NO3.2CH3.Zr/c1-38(2)42-14-16-45(49-18-40(5)20-51(55(49)66)63-32-57(7)26-58(8,33-63)28-59(9,27-57)34-63)47(22-42)53-24-44(68-13)25-54(65-53)48-23-43(39(3)4)15-17-46(48)50-19-41(6)21-52(56(50)67)64-35-60(10)29-61(11,36-64)31-62(12,30-60)37-64;;;/h14-25,38-39,66-67H,26-37H2,1-13H3;2*1H3;/q;;;+2/p-2. The maximum absolute atomic E-state index is 15.5. The third kappa shape index (κ3) is 8.82. The molecule has 8 aliphatic rings. The van der Waals surface area contributed by atoms with Crippen LogP contribution >= 0.6 is 0 Å². The second kappa shape index (κ2) is 17.2. The van der Waals surface area contributed by atoms with Crippen LogP contribution in [-0.2, 0) is 34.1 Å². The summed E-state index contributed by atoms with van der Waals surface area (Å²) in [5, 5.41) is 31.1. The molecule has 8 fully saturated rings. The van der Waals surface area contributed by atoms with Crippen molar-refractivity contribution in [2.75, 3.05) is 7.11 Å². The van der Waals surface area contributed by atoms with Gasteiger partial charge in [0.15, 0.2) is 0 Å². The van der Waals surface area contributed by atoms with Crippen molar-refractivity contribution >= 4 is 0 Å². The Morgan fingerprint density at radius 2 is 0.761 bits per heavy atom. The molecular weight excluding hydrogens is 946 g/mol. The fourth-order valence-electron chi connectivity index (χ4n) is 19.5. The van der Waals surface area contributed by atoms with Gasteiger partial charge < -0.3 is 14.9 Å². The van der Waals surface area contributed by atoms with Crippen molar-refractivity contribution in [3.63, 3.8) is 0 Å². The number of hydrogen-bond acceptors (Lipinski definition) is 4. The summed E-state index contributed by atoms with van der Waals surface area (Å²) >= 11 is 0.230. The molecule has 13 rings (SSSR count). The zero-order valence-electron chi connectivity index (χ0n) is 46.2. The Balaban J connectivity index is 0.00000189. The van der Waals surface area contributed by atoms with Crippen molar-refractivity contribution in [1.29, 1.82) is 0 Å². The minimum atomic E-state index is -0.123. The van der Waals surface area contributed by atoms with Crippen molar-refractivity contribution in [3.8, 4) is 62.0 Å². The molecule has 4 aromatic carbocycles. The van der Waals surface area contributed by atoms with Crippen LogP contribution in [0.2, 0.25) is 9.26 Å². The summed E-state index contributed by atoms with van der Waals surface area (Å²) in [5.41, 5.74) is 14.7. The van der Waals surface area contributed by atoms with Crippen LogP contribution in [0.15, 0.2) is 72.8 Å². The van der Waals surface area contributed by atoms with E-state index < -0.39 is 0 Å². The number of aromatic nitrogens is 1. The number of nitrogens with zero attached hydrogens (tertiary/aromatic N) is 1. The summed E-state index contributed by atoms with van der Waals surface area (Å²) in [6.07, 6.45) is 14.1. The SMILES string of the molecule is COc1cc(-c2cc(C(C)C)ccc2-c2cc(C)cc(C34CC5(C)CC(C)(CC(C)(C5)C3)C4)c2[O-])nc(-c2cc(C(C)C)ccc2-c2cc(C)cc(C34CC5(C)CC(C)(CC(C)(C5)C3)C4)c2[O-])c1.[CH3][Zr+2][CH3]. The summed E-state index contributed by atoms with van der Waals surface area (Å²) < 4.78 is 10.8. The average Bonchev–Trinajstić information content (AvgIpc) is 3.24. The van der Waals surface area contributed by atoms with E-state index in [0.29, 0.717) is 5.75 Å². The molecule has 71 heavy (non-hydrogen) atoms. The maximum atomic E-state index is 15.5. The first-order chi connectivity index (χ1) is 33.2. The van der Waals surface area contributed by atoms with Crippen LogP contribution < -0.4 is 14.9 Å². The minimum absolute atomic E-state index is 0.123. The molecule has 0 amide bonds. The molecule has 0 N–H and O–H groups in total. The molecule has 4 nitrogen and oxygen atoms in total. The van der Waals surface area contributed by atoms with Gasteiger partial charge in [0.1, 0.15) is 5.75 Å². The van der Waals surface area contributed by atoms with Crippen molar-refractivity contribution in [3.05, 3.63) is 106 Å². The van der Waals surface area contributed by atoms with Crippen molar-refractivity contribution in [2.45, 2.75) is 192 Å². The summed E-state index contributed by atoms with van der Waals surface area (Å²) in [6.45, 7) is 28.3. The van der Waals surface area contributed by atoms with Gasteiger partial charge in [-0.05, 0) is 203 Å². The molecule has 0 aliphatic heterocycles. The van der Waals surface area contributed by atoms with Gasteiger partial charge in [0.25, 0.3) is 0 Å². The van der Waals surface area contributed by atoms with E-state index in [4.69, 9.17) is 9.72 Å². The van der Waals surface area contributed by atoms with Crippen LogP contribution in [0.1, 0.15) is 192 Å². The molecule has 8 aliphatic carbocycles. The first-order valence-electron chi connectivity index (χ1n) is 27.3. The van der Waals surface area contributed by atoms with Crippen LogP contribution in [0.5, 0.6) is 17.2 Å². The fourth-order valence-corrected chi connectivity index (χ4v) is 19.5. The topological polar surface area (TPSA) is 68.2 Å². The third-order valence-electron chi connectivity index (χ3n) is 18.9. The van der Waals surface area contributed by atoms with Gasteiger partial charge in [-0.1, -0.05) is 140 Å². The predicted octanol–water partition coefficient (Wildman–Crippen LogP) is 17.2. The van der Waals surface area contributed by atoms with E-state index in [1.807, 2.05) is 12.1 Å². The number of rotatable bonds is 9. The van der Waals surface area contributed by atoms with Crippen LogP contribution in [0.3, 0.4) is 0 Å². The van der Waals surface area contributed by atoms with Gasteiger partial charge >= 0.3 is 32.5 Å². The van der Waals surface area contributed by atoms with Crippen LogP contribution in [-0.4, -0.2) is 12.1 Å². The number of pyridine rings is 1. The van der Waals surface area contributed by atoms with E-state index in [9.17, 15) is 0 Å². The van der Waals surface area contributed by atoms with E-state index >= 15 is 10.2 Å². The van der Waals surface area contributed by atoms with Gasteiger partial charge in [0, 0.05) is 23.3 Å². The Hall–Kier alpha value is -3.69. The Bertz CT molecular complexity index is 2640. The van der Waals surface area contributed by atoms with Crippen molar-refractivity contribution < 1.29 is 38.2 Å². The number of aryl methyl sites for hydroxylation is 2. The molecule has 0 atom stereocenters. The van der Waals surface area contributed by atoms with E-state index in [1.54, 1.807) is 7.11 Å². The van der Waals surface area contributed by atoms with Gasteiger partial charge in [-0.2, -0.15) is 0 Å². The predicted molar refractivity (Wildman–Crippen MR) is 288 cm³/mol. The van der Waals surface area contributed by atoms with Crippen molar-refractivity contribution in [1.82, 2.24) is 4.98 Å². The molecule has 1 aromatic heterocycles. The van der Waals surface area contributed by atoms with E-state index in [2.05, 4.69) is 153 Å². The average molecular weight is 1030 g/mol. The van der Waals surface area contributed by atoms with E-state index in [-0.39, 0.29) is 89.9 Å². The molecule has 0 spiro atoms. The quantitative estimate of drug-likeness (QED) is 0.148. The Morgan fingerprint density at radius 3 is 1.04 bits per heavy atom. The monoisotopic (exact) mass is 1030 g/mol. The second-order valence-electron chi connectivity index (χ2n) is 28.1. The normalized spacial score (nSPS) is 33.1. The van der Waals surface area contributed by atoms with Crippen LogP contribution in [0.25, 0.3) is 44.8 Å². The summed E-state index contributed by atoms with van der Waals surface area (Å²) in [4.78, 5) is 5.62. The number of methoxy groups -OCH3 is 1. The first kappa shape index (κ1) is 50.8. The van der Waals surface area contributed by atoms with Gasteiger partial charge in [0.05, 0.1) is 18.5 Å². The summed E-state index contributed by atoms with van der Waals surface area (Å²) in [6, 6.07) is 26.2. The number of benzene rings is 4. The summed E-state index contributed by atoms with van der Waals surface area (Å²) in [7, 11) is 1.73. The zero-order valence-corrected chi connectivity index (χ0v) is 48.7. The Kier molecular flexibility index (Phi) is 12.3. The Labute approximate surface area is 440 Å². The molecule has 8 saturated carbocycles.